The highest BCUT2D eigenvalue weighted by atomic mass is 32.1. The van der Waals surface area contributed by atoms with Crippen molar-refractivity contribution < 1.29 is 9.90 Å². The molecular formula is C9H8N4O2S. The molecule has 2 heterocycles. The van der Waals surface area contributed by atoms with Crippen molar-refractivity contribution >= 4 is 33.9 Å². The van der Waals surface area contributed by atoms with Gasteiger partial charge < -0.3 is 16.2 Å². The van der Waals surface area contributed by atoms with Gasteiger partial charge in [-0.2, -0.15) is 0 Å². The minimum atomic E-state index is -1.07. The topological polar surface area (TPSA) is 101 Å². The van der Waals surface area contributed by atoms with Crippen LogP contribution in [0.15, 0.2) is 24.5 Å². The first kappa shape index (κ1) is 10.4. The molecule has 2 aromatic rings. The molecule has 0 radical (unpaired) electrons. The molecule has 0 aromatic carbocycles. The molecule has 0 saturated heterocycles. The number of hydrogen-bond donors (Lipinski definition) is 3. The molecule has 0 bridgehead atoms. The lowest BCUT2D eigenvalue weighted by Crippen LogP contribution is -1.97. The van der Waals surface area contributed by atoms with Crippen molar-refractivity contribution in [3.8, 4) is 0 Å². The van der Waals surface area contributed by atoms with Gasteiger partial charge in [-0.25, -0.2) is 9.78 Å². The lowest BCUT2D eigenvalue weighted by Gasteiger charge is -1.99. The molecule has 0 unspecified atom stereocenters. The number of aromatic carboxylic acids is 1. The summed E-state index contributed by atoms with van der Waals surface area (Å²) < 4.78 is 0. The fourth-order valence-electron chi connectivity index (χ4n) is 1.10. The number of anilines is 3. The van der Waals surface area contributed by atoms with Gasteiger partial charge in [0.15, 0.2) is 15.8 Å². The van der Waals surface area contributed by atoms with Crippen LogP contribution >= 0.6 is 11.3 Å². The van der Waals surface area contributed by atoms with Gasteiger partial charge in [-0.15, -0.1) is 0 Å². The van der Waals surface area contributed by atoms with Gasteiger partial charge in [0.2, 0.25) is 0 Å². The van der Waals surface area contributed by atoms with E-state index in [9.17, 15) is 4.79 Å². The first-order valence-corrected chi connectivity index (χ1v) is 5.15. The number of nitrogen functional groups attached to an aromatic ring is 1. The zero-order valence-electron chi connectivity index (χ0n) is 8.04. The molecule has 0 saturated carbocycles. The molecule has 16 heavy (non-hydrogen) atoms. The number of nitrogens with two attached hydrogens (primary N) is 1. The summed E-state index contributed by atoms with van der Waals surface area (Å²) >= 11 is 0.988. The average molecular weight is 236 g/mol. The molecular weight excluding hydrogens is 228 g/mol. The number of carbonyl (C=O) groups is 1. The van der Waals surface area contributed by atoms with Crippen LogP contribution in [-0.2, 0) is 0 Å². The molecule has 7 heteroatoms. The smallest absolute Gasteiger partial charge is 0.349 e. The van der Waals surface area contributed by atoms with Crippen LogP contribution in [0.2, 0.25) is 0 Å². The predicted molar refractivity (Wildman–Crippen MR) is 61.0 cm³/mol. The van der Waals surface area contributed by atoms with E-state index < -0.39 is 5.97 Å². The lowest BCUT2D eigenvalue weighted by atomic mass is 10.4. The van der Waals surface area contributed by atoms with E-state index in [0.717, 1.165) is 17.0 Å². The number of carboxylic acids is 1. The Kier molecular flexibility index (Phi) is 2.69. The molecule has 2 aromatic heterocycles. The molecule has 6 nitrogen and oxygen atoms in total. The van der Waals surface area contributed by atoms with Gasteiger partial charge in [0.05, 0.1) is 11.9 Å². The van der Waals surface area contributed by atoms with E-state index in [2.05, 4.69) is 15.3 Å². The number of nitrogens with zero attached hydrogens (tertiary/aromatic N) is 2. The van der Waals surface area contributed by atoms with Crippen LogP contribution in [0.3, 0.4) is 0 Å². The largest absolute Gasteiger partial charge is 0.477 e. The van der Waals surface area contributed by atoms with E-state index in [0.29, 0.717) is 5.13 Å². The number of pyridine rings is 1. The summed E-state index contributed by atoms with van der Waals surface area (Å²) in [5.74, 6) is -1.06. The molecule has 0 aliphatic heterocycles. The molecule has 4 N–H and O–H groups in total. The minimum Gasteiger partial charge on any atom is -0.477 e. The zero-order chi connectivity index (χ0) is 11.5. The standard InChI is InChI=1S/C9H8N4O2S/c10-7-6(8(14)15)16-9(13-7)12-5-2-1-3-11-4-5/h1-4H,10H2,(H,12,13)(H,14,15). The van der Waals surface area contributed by atoms with Gasteiger partial charge in [0.1, 0.15) is 0 Å². The maximum absolute atomic E-state index is 10.7. The maximum atomic E-state index is 10.7. The zero-order valence-corrected chi connectivity index (χ0v) is 8.86. The molecule has 0 aliphatic rings. The number of hydrogen-bond acceptors (Lipinski definition) is 6. The molecule has 0 atom stereocenters. The van der Waals surface area contributed by atoms with Gasteiger partial charge in [-0.05, 0) is 12.1 Å². The van der Waals surface area contributed by atoms with Crippen LogP contribution in [0, 0.1) is 0 Å². The SMILES string of the molecule is Nc1nc(Nc2cccnc2)sc1C(=O)O. The number of rotatable bonds is 3. The Labute approximate surface area is 94.8 Å². The summed E-state index contributed by atoms with van der Waals surface area (Å²) in [6.07, 6.45) is 3.25. The van der Waals surface area contributed by atoms with Crippen molar-refractivity contribution in [1.29, 1.82) is 0 Å². The van der Waals surface area contributed by atoms with E-state index in [-0.39, 0.29) is 10.7 Å². The Balaban J connectivity index is 2.23. The van der Waals surface area contributed by atoms with Gasteiger partial charge in [-0.3, -0.25) is 4.98 Å². The first-order chi connectivity index (χ1) is 7.66. The van der Waals surface area contributed by atoms with Crippen molar-refractivity contribution in [3.05, 3.63) is 29.4 Å². The summed E-state index contributed by atoms with van der Waals surface area (Å²) in [5, 5.41) is 12.2. The number of carboxylic acid groups (broad SMARTS) is 1. The Morgan fingerprint density at radius 1 is 1.56 bits per heavy atom. The van der Waals surface area contributed by atoms with Crippen LogP contribution in [0.1, 0.15) is 9.67 Å². The third kappa shape index (κ3) is 2.09. The molecule has 0 aliphatic carbocycles. The van der Waals surface area contributed by atoms with Crippen molar-refractivity contribution in [3.63, 3.8) is 0 Å². The van der Waals surface area contributed by atoms with Crippen LogP contribution in [0.25, 0.3) is 0 Å². The second-order valence-electron chi connectivity index (χ2n) is 2.91. The lowest BCUT2D eigenvalue weighted by molar-refractivity contribution is 0.0703. The van der Waals surface area contributed by atoms with Crippen LogP contribution in [-0.4, -0.2) is 21.0 Å². The molecule has 0 amide bonds. The summed E-state index contributed by atoms with van der Waals surface area (Å²) in [6, 6.07) is 3.56. The van der Waals surface area contributed by atoms with Gasteiger partial charge >= 0.3 is 5.97 Å². The quantitative estimate of drug-likeness (QED) is 0.747. The van der Waals surface area contributed by atoms with E-state index in [1.807, 2.05) is 0 Å². The Bertz CT molecular complexity index is 511. The summed E-state index contributed by atoms with van der Waals surface area (Å²) in [4.78, 5) is 18.6. The van der Waals surface area contributed by atoms with Crippen molar-refractivity contribution in [2.24, 2.45) is 0 Å². The van der Waals surface area contributed by atoms with E-state index in [1.165, 1.54) is 0 Å². The average Bonchev–Trinajstić information content (AvgIpc) is 2.61. The molecule has 82 valence electrons. The third-order valence-corrected chi connectivity index (χ3v) is 2.74. The maximum Gasteiger partial charge on any atom is 0.349 e. The Hall–Kier alpha value is -2.15. The first-order valence-electron chi connectivity index (χ1n) is 4.33. The molecule has 2 rings (SSSR count). The summed E-state index contributed by atoms with van der Waals surface area (Å²) in [7, 11) is 0. The minimum absolute atomic E-state index is 0.0175. The second-order valence-corrected chi connectivity index (χ2v) is 3.90. The number of aromatic nitrogens is 2. The Morgan fingerprint density at radius 2 is 2.38 bits per heavy atom. The second kappa shape index (κ2) is 4.15. The fourth-order valence-corrected chi connectivity index (χ4v) is 1.84. The van der Waals surface area contributed by atoms with E-state index in [4.69, 9.17) is 10.8 Å². The van der Waals surface area contributed by atoms with E-state index in [1.54, 1.807) is 24.5 Å². The fraction of sp³-hybridized carbons (Fsp3) is 0. The third-order valence-electron chi connectivity index (χ3n) is 1.76. The number of nitrogens with one attached hydrogen (secondary N) is 1. The highest BCUT2D eigenvalue weighted by molar-refractivity contribution is 7.18. The summed E-state index contributed by atoms with van der Waals surface area (Å²) in [6.45, 7) is 0. The van der Waals surface area contributed by atoms with E-state index >= 15 is 0 Å². The van der Waals surface area contributed by atoms with Gasteiger partial charge in [-0.1, -0.05) is 11.3 Å². The monoisotopic (exact) mass is 236 g/mol. The van der Waals surface area contributed by atoms with Crippen LogP contribution in [0.5, 0.6) is 0 Å². The van der Waals surface area contributed by atoms with Gasteiger partial charge in [0, 0.05) is 6.20 Å². The number of thiazole rings is 1. The Morgan fingerprint density at radius 3 is 2.94 bits per heavy atom. The van der Waals surface area contributed by atoms with Crippen molar-refractivity contribution in [1.82, 2.24) is 9.97 Å². The van der Waals surface area contributed by atoms with Crippen LogP contribution in [0.4, 0.5) is 16.6 Å². The van der Waals surface area contributed by atoms with Gasteiger partial charge in [0.25, 0.3) is 0 Å². The predicted octanol–water partition coefficient (Wildman–Crippen LogP) is 1.56. The molecule has 0 fully saturated rings. The highest BCUT2D eigenvalue weighted by Crippen LogP contribution is 2.27. The highest BCUT2D eigenvalue weighted by Gasteiger charge is 2.14. The van der Waals surface area contributed by atoms with Crippen molar-refractivity contribution in [2.45, 2.75) is 0 Å². The normalized spacial score (nSPS) is 10.0. The summed E-state index contributed by atoms with van der Waals surface area (Å²) in [5.41, 5.74) is 6.19. The van der Waals surface area contributed by atoms with Crippen LogP contribution < -0.4 is 11.1 Å². The molecule has 0 spiro atoms. The van der Waals surface area contributed by atoms with Crippen molar-refractivity contribution in [2.75, 3.05) is 11.1 Å².